The quantitative estimate of drug-likeness (QED) is 0.763. The van der Waals surface area contributed by atoms with Crippen molar-refractivity contribution in [2.75, 3.05) is 7.05 Å². The van der Waals surface area contributed by atoms with E-state index in [0.717, 1.165) is 11.1 Å². The van der Waals surface area contributed by atoms with Gasteiger partial charge in [-0.05, 0) is 36.0 Å². The Bertz CT molecular complexity index is 591. The van der Waals surface area contributed by atoms with Crippen molar-refractivity contribution in [1.82, 2.24) is 4.31 Å². The highest BCUT2D eigenvalue weighted by atomic mass is 35.5. The minimum atomic E-state index is -3.52. The standard InChI is InChI=1S/C16H26ClNO2S/c1-7-14-9-8-13(11-17)10-15(14)21(19,20)18(6)12(2)16(3,4)5/h8-10,12H,7,11H2,1-6H3. The van der Waals surface area contributed by atoms with Gasteiger partial charge in [-0.2, -0.15) is 4.31 Å². The molecule has 120 valence electrons. The van der Waals surface area contributed by atoms with Gasteiger partial charge in [-0.25, -0.2) is 8.42 Å². The second-order valence-electron chi connectivity index (χ2n) is 6.49. The first-order valence-corrected chi connectivity index (χ1v) is 9.19. The second kappa shape index (κ2) is 6.67. The third-order valence-electron chi connectivity index (χ3n) is 4.12. The van der Waals surface area contributed by atoms with Gasteiger partial charge in [0.2, 0.25) is 10.0 Å². The number of halogens is 1. The normalized spacial score (nSPS) is 14.5. The lowest BCUT2D eigenvalue weighted by Crippen LogP contribution is -2.43. The molecule has 1 aromatic rings. The molecule has 5 heteroatoms. The van der Waals surface area contributed by atoms with E-state index in [1.165, 1.54) is 4.31 Å². The first kappa shape index (κ1) is 18.5. The average Bonchev–Trinajstić information content (AvgIpc) is 2.43. The van der Waals surface area contributed by atoms with E-state index in [-0.39, 0.29) is 11.5 Å². The Morgan fingerprint density at radius 1 is 1.29 bits per heavy atom. The molecule has 1 rings (SSSR count). The number of benzene rings is 1. The second-order valence-corrected chi connectivity index (χ2v) is 8.73. The van der Waals surface area contributed by atoms with Crippen LogP contribution in [0.25, 0.3) is 0 Å². The number of rotatable bonds is 5. The number of aryl methyl sites for hydroxylation is 1. The molecule has 0 saturated heterocycles. The van der Waals surface area contributed by atoms with Crippen molar-refractivity contribution in [1.29, 1.82) is 0 Å². The van der Waals surface area contributed by atoms with Crippen LogP contribution in [0, 0.1) is 5.41 Å². The molecule has 0 heterocycles. The van der Waals surface area contributed by atoms with Crippen LogP contribution in [0.5, 0.6) is 0 Å². The Labute approximate surface area is 134 Å². The van der Waals surface area contributed by atoms with Crippen LogP contribution < -0.4 is 0 Å². The highest BCUT2D eigenvalue weighted by molar-refractivity contribution is 7.89. The van der Waals surface area contributed by atoms with E-state index in [9.17, 15) is 8.42 Å². The lowest BCUT2D eigenvalue weighted by atomic mass is 9.88. The molecule has 0 bridgehead atoms. The molecule has 0 aliphatic carbocycles. The Balaban J connectivity index is 3.36. The summed E-state index contributed by atoms with van der Waals surface area (Å²) in [6.45, 7) is 10.0. The molecule has 0 fully saturated rings. The van der Waals surface area contributed by atoms with E-state index >= 15 is 0 Å². The fourth-order valence-electron chi connectivity index (χ4n) is 2.12. The summed E-state index contributed by atoms with van der Waals surface area (Å²) in [5, 5.41) is 0. The zero-order chi connectivity index (χ0) is 16.4. The van der Waals surface area contributed by atoms with E-state index < -0.39 is 10.0 Å². The van der Waals surface area contributed by atoms with Gasteiger partial charge in [0, 0.05) is 19.0 Å². The fraction of sp³-hybridized carbons (Fsp3) is 0.625. The van der Waals surface area contributed by atoms with Crippen LogP contribution in [0.3, 0.4) is 0 Å². The van der Waals surface area contributed by atoms with Gasteiger partial charge in [-0.3, -0.25) is 0 Å². The predicted molar refractivity (Wildman–Crippen MR) is 89.2 cm³/mol. The monoisotopic (exact) mass is 331 g/mol. The zero-order valence-electron chi connectivity index (χ0n) is 13.8. The first-order valence-electron chi connectivity index (χ1n) is 7.21. The zero-order valence-corrected chi connectivity index (χ0v) is 15.3. The van der Waals surface area contributed by atoms with Crippen molar-refractivity contribution < 1.29 is 8.42 Å². The first-order chi connectivity index (χ1) is 9.55. The number of alkyl halides is 1. The maximum absolute atomic E-state index is 13.0. The number of hydrogen-bond donors (Lipinski definition) is 0. The average molecular weight is 332 g/mol. The van der Waals surface area contributed by atoms with Crippen molar-refractivity contribution >= 4 is 21.6 Å². The molecule has 0 N–H and O–H groups in total. The SMILES string of the molecule is CCc1ccc(CCl)cc1S(=O)(=O)N(C)C(C)C(C)(C)C. The Hall–Kier alpha value is -0.580. The Morgan fingerprint density at radius 3 is 2.29 bits per heavy atom. The molecule has 1 aromatic carbocycles. The van der Waals surface area contributed by atoms with Crippen molar-refractivity contribution in [2.24, 2.45) is 5.41 Å². The minimum Gasteiger partial charge on any atom is -0.207 e. The lowest BCUT2D eigenvalue weighted by Gasteiger charge is -2.35. The summed E-state index contributed by atoms with van der Waals surface area (Å²) in [5.41, 5.74) is 1.53. The Morgan fingerprint density at radius 2 is 1.86 bits per heavy atom. The predicted octanol–water partition coefficient (Wildman–Crippen LogP) is 4.04. The van der Waals surface area contributed by atoms with Crippen LogP contribution >= 0.6 is 11.6 Å². The van der Waals surface area contributed by atoms with Gasteiger partial charge in [-0.15, -0.1) is 11.6 Å². The summed E-state index contributed by atoms with van der Waals surface area (Å²) in [6.07, 6.45) is 0.675. The van der Waals surface area contributed by atoms with Gasteiger partial charge >= 0.3 is 0 Å². The summed E-state index contributed by atoms with van der Waals surface area (Å²) in [5.74, 6) is 0.311. The molecule has 3 nitrogen and oxygen atoms in total. The summed E-state index contributed by atoms with van der Waals surface area (Å²) in [6, 6.07) is 5.34. The molecule has 0 saturated carbocycles. The summed E-state index contributed by atoms with van der Waals surface area (Å²) in [7, 11) is -1.87. The van der Waals surface area contributed by atoms with Crippen LogP contribution in [0.1, 0.15) is 45.7 Å². The summed E-state index contributed by atoms with van der Waals surface area (Å²) < 4.78 is 27.4. The molecular formula is C16H26ClNO2S. The molecule has 0 aliphatic heterocycles. The molecule has 1 atom stereocenters. The van der Waals surface area contributed by atoms with Crippen molar-refractivity contribution in [3.05, 3.63) is 29.3 Å². The highest BCUT2D eigenvalue weighted by Crippen LogP contribution is 2.29. The van der Waals surface area contributed by atoms with Gasteiger partial charge in [0.25, 0.3) is 0 Å². The number of sulfonamides is 1. The molecule has 0 aliphatic rings. The Kier molecular flexibility index (Phi) is 5.87. The van der Waals surface area contributed by atoms with E-state index in [1.54, 1.807) is 13.1 Å². The molecule has 0 aromatic heterocycles. The topological polar surface area (TPSA) is 37.4 Å². The molecular weight excluding hydrogens is 306 g/mol. The highest BCUT2D eigenvalue weighted by Gasteiger charge is 2.33. The van der Waals surface area contributed by atoms with Crippen molar-refractivity contribution in [2.45, 2.75) is 57.9 Å². The van der Waals surface area contributed by atoms with Crippen molar-refractivity contribution in [3.8, 4) is 0 Å². The fourth-order valence-corrected chi connectivity index (χ4v) is 4.18. The van der Waals surface area contributed by atoms with Gasteiger partial charge in [-0.1, -0.05) is 39.8 Å². The van der Waals surface area contributed by atoms with Gasteiger partial charge < -0.3 is 0 Å². The third-order valence-corrected chi connectivity index (χ3v) is 6.44. The minimum absolute atomic E-state index is 0.105. The van der Waals surface area contributed by atoms with Crippen LogP contribution in [0.15, 0.2) is 23.1 Å². The smallest absolute Gasteiger partial charge is 0.207 e. The van der Waals surface area contributed by atoms with Gasteiger partial charge in [0.15, 0.2) is 0 Å². The number of nitrogens with zero attached hydrogens (tertiary/aromatic N) is 1. The van der Waals surface area contributed by atoms with E-state index in [4.69, 9.17) is 11.6 Å². The van der Waals surface area contributed by atoms with Crippen LogP contribution in [0.2, 0.25) is 0 Å². The van der Waals surface area contributed by atoms with E-state index in [2.05, 4.69) is 0 Å². The molecule has 0 spiro atoms. The summed E-state index contributed by atoms with van der Waals surface area (Å²) in [4.78, 5) is 0.377. The maximum Gasteiger partial charge on any atom is 0.243 e. The lowest BCUT2D eigenvalue weighted by molar-refractivity contribution is 0.216. The third kappa shape index (κ3) is 3.99. The van der Waals surface area contributed by atoms with E-state index in [0.29, 0.717) is 17.2 Å². The molecule has 0 radical (unpaired) electrons. The molecule has 1 unspecified atom stereocenters. The van der Waals surface area contributed by atoms with Gasteiger partial charge in [0.05, 0.1) is 4.90 Å². The van der Waals surface area contributed by atoms with Crippen LogP contribution in [0.4, 0.5) is 0 Å². The molecule has 0 amide bonds. The summed E-state index contributed by atoms with van der Waals surface area (Å²) >= 11 is 5.85. The van der Waals surface area contributed by atoms with Crippen LogP contribution in [-0.4, -0.2) is 25.8 Å². The van der Waals surface area contributed by atoms with Crippen molar-refractivity contribution in [3.63, 3.8) is 0 Å². The van der Waals surface area contributed by atoms with E-state index in [1.807, 2.05) is 46.8 Å². The largest absolute Gasteiger partial charge is 0.243 e. The van der Waals surface area contributed by atoms with Gasteiger partial charge in [0.1, 0.15) is 0 Å². The number of hydrogen-bond acceptors (Lipinski definition) is 2. The van der Waals surface area contributed by atoms with Crippen LogP contribution in [-0.2, 0) is 22.3 Å². The molecule has 21 heavy (non-hydrogen) atoms. The maximum atomic E-state index is 13.0.